The summed E-state index contributed by atoms with van der Waals surface area (Å²) in [5.74, 6) is 2.10. The van der Waals surface area contributed by atoms with E-state index in [1.807, 2.05) is 0 Å². The first-order chi connectivity index (χ1) is 8.82. The van der Waals surface area contributed by atoms with Crippen molar-refractivity contribution in [2.45, 2.75) is 64.7 Å². The number of aromatic nitrogens is 2. The van der Waals surface area contributed by atoms with Gasteiger partial charge in [-0.15, -0.1) is 0 Å². The molecule has 2 rings (SSSR count). The number of nitrogens with one attached hydrogen (secondary N) is 1. The molecular weight excluding hydrogens is 304 g/mol. The van der Waals surface area contributed by atoms with Crippen LogP contribution in [0.3, 0.4) is 0 Å². The van der Waals surface area contributed by atoms with E-state index in [9.17, 15) is 4.79 Å². The van der Waals surface area contributed by atoms with Crippen molar-refractivity contribution >= 4 is 15.9 Å². The molecule has 3 nitrogen and oxygen atoms in total. The highest BCUT2D eigenvalue weighted by Crippen LogP contribution is 2.38. The van der Waals surface area contributed by atoms with E-state index >= 15 is 0 Å². The summed E-state index contributed by atoms with van der Waals surface area (Å²) in [7, 11) is 0. The zero-order valence-electron chi connectivity index (χ0n) is 12.2. The Bertz CT molecular complexity index is 516. The highest BCUT2D eigenvalue weighted by atomic mass is 79.9. The molecule has 0 spiro atoms. The molecule has 0 radical (unpaired) electrons. The Morgan fingerprint density at radius 1 is 1.37 bits per heavy atom. The van der Waals surface area contributed by atoms with Crippen LogP contribution in [-0.2, 0) is 5.41 Å². The fraction of sp³-hybridized carbons (Fsp3) is 0.733. The summed E-state index contributed by atoms with van der Waals surface area (Å²) < 4.78 is 0.578. The SMILES string of the molecule is CCC1CCC(c2nc(C(C)(C)C)c(Br)c(=O)[nH]2)C1. The van der Waals surface area contributed by atoms with Gasteiger partial charge in [0.1, 0.15) is 10.3 Å². The van der Waals surface area contributed by atoms with Gasteiger partial charge in [0, 0.05) is 11.3 Å². The molecule has 19 heavy (non-hydrogen) atoms. The van der Waals surface area contributed by atoms with Crippen LogP contribution in [0.15, 0.2) is 9.27 Å². The number of rotatable bonds is 2. The van der Waals surface area contributed by atoms with Gasteiger partial charge in [0.05, 0.1) is 5.69 Å². The van der Waals surface area contributed by atoms with Gasteiger partial charge in [-0.2, -0.15) is 0 Å². The van der Waals surface area contributed by atoms with Gasteiger partial charge in [-0.05, 0) is 41.1 Å². The van der Waals surface area contributed by atoms with E-state index in [1.54, 1.807) is 0 Å². The Morgan fingerprint density at radius 2 is 2.05 bits per heavy atom. The molecule has 2 unspecified atom stereocenters. The van der Waals surface area contributed by atoms with Crippen molar-refractivity contribution in [2.75, 3.05) is 0 Å². The number of nitrogens with zero attached hydrogens (tertiary/aromatic N) is 1. The summed E-state index contributed by atoms with van der Waals surface area (Å²) in [6.45, 7) is 8.51. The molecule has 0 aliphatic heterocycles. The molecule has 0 saturated heterocycles. The van der Waals surface area contributed by atoms with Crippen molar-refractivity contribution in [2.24, 2.45) is 5.92 Å². The van der Waals surface area contributed by atoms with Crippen LogP contribution in [-0.4, -0.2) is 9.97 Å². The number of halogens is 1. The predicted molar refractivity (Wildman–Crippen MR) is 81.6 cm³/mol. The molecule has 1 aliphatic carbocycles. The van der Waals surface area contributed by atoms with Crippen LogP contribution in [0.25, 0.3) is 0 Å². The Balaban J connectivity index is 2.38. The second-order valence-electron chi connectivity index (χ2n) is 6.65. The predicted octanol–water partition coefficient (Wildman–Crippen LogP) is 4.12. The lowest BCUT2D eigenvalue weighted by Crippen LogP contribution is -2.24. The molecule has 0 bridgehead atoms. The normalized spacial score (nSPS) is 23.8. The van der Waals surface area contributed by atoms with E-state index in [-0.39, 0.29) is 11.0 Å². The van der Waals surface area contributed by atoms with E-state index in [2.05, 4.69) is 48.6 Å². The quantitative estimate of drug-likeness (QED) is 0.888. The van der Waals surface area contributed by atoms with Gasteiger partial charge in [0.25, 0.3) is 5.56 Å². The standard InChI is InChI=1S/C15H23BrN2O/c1-5-9-6-7-10(8-9)13-17-12(15(2,3)4)11(16)14(19)18-13/h9-10H,5-8H2,1-4H3,(H,17,18,19). The van der Waals surface area contributed by atoms with Gasteiger partial charge in [-0.3, -0.25) is 4.79 Å². The van der Waals surface area contributed by atoms with E-state index in [4.69, 9.17) is 4.98 Å². The monoisotopic (exact) mass is 326 g/mol. The fourth-order valence-corrected chi connectivity index (χ4v) is 3.64. The number of hydrogen-bond donors (Lipinski definition) is 1. The molecule has 0 aromatic carbocycles. The lowest BCUT2D eigenvalue weighted by Gasteiger charge is -2.21. The summed E-state index contributed by atoms with van der Waals surface area (Å²) in [5, 5.41) is 0. The Labute approximate surface area is 123 Å². The van der Waals surface area contributed by atoms with Crippen LogP contribution in [0, 0.1) is 5.92 Å². The third-order valence-electron chi connectivity index (χ3n) is 4.10. The summed E-state index contributed by atoms with van der Waals surface area (Å²) in [6.07, 6.45) is 4.78. The summed E-state index contributed by atoms with van der Waals surface area (Å²) in [4.78, 5) is 19.8. The van der Waals surface area contributed by atoms with Crippen molar-refractivity contribution in [3.63, 3.8) is 0 Å². The van der Waals surface area contributed by atoms with Crippen molar-refractivity contribution in [3.8, 4) is 0 Å². The van der Waals surface area contributed by atoms with Crippen LogP contribution >= 0.6 is 15.9 Å². The Hall–Kier alpha value is -0.640. The van der Waals surface area contributed by atoms with Crippen LogP contribution in [0.5, 0.6) is 0 Å². The number of H-pyrrole nitrogens is 1. The summed E-state index contributed by atoms with van der Waals surface area (Å²) in [6, 6.07) is 0. The smallest absolute Gasteiger partial charge is 0.265 e. The van der Waals surface area contributed by atoms with Crippen LogP contribution in [0.4, 0.5) is 0 Å². The molecule has 1 N–H and O–H groups in total. The van der Waals surface area contributed by atoms with Crippen LogP contribution in [0.1, 0.15) is 70.8 Å². The van der Waals surface area contributed by atoms with E-state index in [0.717, 1.165) is 30.3 Å². The molecule has 2 atom stereocenters. The molecule has 1 saturated carbocycles. The van der Waals surface area contributed by atoms with Crippen molar-refractivity contribution < 1.29 is 0 Å². The molecule has 4 heteroatoms. The molecule has 1 fully saturated rings. The zero-order chi connectivity index (χ0) is 14.2. The lowest BCUT2D eigenvalue weighted by molar-refractivity contribution is 0.510. The second kappa shape index (κ2) is 5.39. The average Bonchev–Trinajstić information content (AvgIpc) is 2.79. The van der Waals surface area contributed by atoms with Gasteiger partial charge in [0.2, 0.25) is 0 Å². The Kier molecular flexibility index (Phi) is 4.19. The van der Waals surface area contributed by atoms with Gasteiger partial charge in [-0.25, -0.2) is 4.98 Å². The summed E-state index contributed by atoms with van der Waals surface area (Å²) in [5.41, 5.74) is 0.700. The van der Waals surface area contributed by atoms with Gasteiger partial charge in [0.15, 0.2) is 0 Å². The van der Waals surface area contributed by atoms with Crippen molar-refractivity contribution in [1.29, 1.82) is 0 Å². The average molecular weight is 327 g/mol. The van der Waals surface area contributed by atoms with Crippen LogP contribution < -0.4 is 5.56 Å². The lowest BCUT2D eigenvalue weighted by atomic mass is 9.91. The minimum Gasteiger partial charge on any atom is -0.309 e. The molecule has 1 aromatic heterocycles. The van der Waals surface area contributed by atoms with Crippen molar-refractivity contribution in [3.05, 3.63) is 26.3 Å². The third kappa shape index (κ3) is 3.10. The molecule has 0 amide bonds. The molecular formula is C15H23BrN2O. The zero-order valence-corrected chi connectivity index (χ0v) is 13.8. The second-order valence-corrected chi connectivity index (χ2v) is 7.44. The highest BCUT2D eigenvalue weighted by molar-refractivity contribution is 9.10. The van der Waals surface area contributed by atoms with E-state index in [0.29, 0.717) is 10.4 Å². The van der Waals surface area contributed by atoms with E-state index < -0.39 is 0 Å². The highest BCUT2D eigenvalue weighted by Gasteiger charge is 2.29. The minimum atomic E-state index is -0.120. The first kappa shape index (κ1) is 14.8. The van der Waals surface area contributed by atoms with E-state index in [1.165, 1.54) is 12.8 Å². The van der Waals surface area contributed by atoms with Gasteiger partial charge < -0.3 is 4.98 Å². The molecule has 1 aliphatic rings. The van der Waals surface area contributed by atoms with Crippen molar-refractivity contribution in [1.82, 2.24) is 9.97 Å². The topological polar surface area (TPSA) is 45.8 Å². The maximum absolute atomic E-state index is 12.1. The molecule has 1 aromatic rings. The van der Waals surface area contributed by atoms with Gasteiger partial charge >= 0.3 is 0 Å². The Morgan fingerprint density at radius 3 is 2.58 bits per heavy atom. The minimum absolute atomic E-state index is 0.0464. The fourth-order valence-electron chi connectivity index (χ4n) is 2.86. The molecule has 1 heterocycles. The maximum Gasteiger partial charge on any atom is 0.265 e. The van der Waals surface area contributed by atoms with Crippen LogP contribution in [0.2, 0.25) is 0 Å². The molecule has 106 valence electrons. The number of hydrogen-bond acceptors (Lipinski definition) is 2. The first-order valence-electron chi connectivity index (χ1n) is 7.13. The van der Waals surface area contributed by atoms with Gasteiger partial charge in [-0.1, -0.05) is 34.1 Å². The number of aromatic amines is 1. The maximum atomic E-state index is 12.1. The summed E-state index contributed by atoms with van der Waals surface area (Å²) >= 11 is 3.38. The third-order valence-corrected chi connectivity index (χ3v) is 4.83. The largest absolute Gasteiger partial charge is 0.309 e. The first-order valence-corrected chi connectivity index (χ1v) is 7.92.